The van der Waals surface area contributed by atoms with E-state index in [0.717, 1.165) is 18.8 Å². The molecule has 0 spiro atoms. The van der Waals surface area contributed by atoms with Gasteiger partial charge in [0.15, 0.2) is 0 Å². The highest BCUT2D eigenvalue weighted by molar-refractivity contribution is 5.53. The average molecular weight is 320 g/mol. The van der Waals surface area contributed by atoms with Crippen LogP contribution >= 0.6 is 0 Å². The summed E-state index contributed by atoms with van der Waals surface area (Å²) in [5.74, 6) is 0.485. The van der Waals surface area contributed by atoms with E-state index in [0.29, 0.717) is 5.95 Å². The van der Waals surface area contributed by atoms with Gasteiger partial charge in [0.1, 0.15) is 6.33 Å². The molecule has 0 saturated carbocycles. The number of aryl methyl sites for hydroxylation is 1. The lowest BCUT2D eigenvalue weighted by Gasteiger charge is -2.23. The van der Waals surface area contributed by atoms with E-state index in [2.05, 4.69) is 68.6 Å². The van der Waals surface area contributed by atoms with Crippen molar-refractivity contribution in [1.82, 2.24) is 14.8 Å². The molecule has 0 saturated heterocycles. The summed E-state index contributed by atoms with van der Waals surface area (Å²) in [6, 6.07) is 18.5. The molecule has 6 heteroatoms. The Bertz CT molecular complexity index is 792. The van der Waals surface area contributed by atoms with Gasteiger partial charge in [-0.05, 0) is 36.8 Å². The van der Waals surface area contributed by atoms with E-state index < -0.39 is 0 Å². The predicted molar refractivity (Wildman–Crippen MR) is 94.8 cm³/mol. The molecule has 3 aromatic rings. The number of hydrogen-bond donors (Lipinski definition) is 0. The molecule has 0 atom stereocenters. The van der Waals surface area contributed by atoms with E-state index in [1.807, 2.05) is 25.2 Å². The molecule has 1 heterocycles. The molecular weight excluding hydrogens is 300 g/mol. The maximum atomic E-state index is 4.20. The highest BCUT2D eigenvalue weighted by atomic mass is 15.3. The number of anilines is 1. The quantitative estimate of drug-likeness (QED) is 0.638. The standard InChI is InChI=1S/C18H20N6/c1-3-24(13-15-7-5-4-6-8-15)17-11-9-16(10-12-17)20-22-18-21-19-14-23(18)2/h4-12,14H,3,13H2,1-2H3. The molecule has 0 amide bonds. The molecule has 0 bridgehead atoms. The summed E-state index contributed by atoms with van der Waals surface area (Å²) >= 11 is 0. The third-order valence-electron chi connectivity index (χ3n) is 3.76. The molecule has 0 fully saturated rings. The molecule has 0 unspecified atom stereocenters. The summed E-state index contributed by atoms with van der Waals surface area (Å²) in [7, 11) is 1.83. The van der Waals surface area contributed by atoms with E-state index in [-0.39, 0.29) is 0 Å². The molecule has 24 heavy (non-hydrogen) atoms. The minimum absolute atomic E-state index is 0.485. The molecule has 6 nitrogen and oxygen atoms in total. The Balaban J connectivity index is 1.71. The first-order valence-electron chi connectivity index (χ1n) is 7.91. The van der Waals surface area contributed by atoms with Gasteiger partial charge in [0.2, 0.25) is 0 Å². The lowest BCUT2D eigenvalue weighted by atomic mass is 10.2. The smallest absolute Gasteiger partial charge is 0.269 e. The summed E-state index contributed by atoms with van der Waals surface area (Å²) in [5, 5.41) is 16.0. The lowest BCUT2D eigenvalue weighted by molar-refractivity contribution is 0.832. The fourth-order valence-electron chi connectivity index (χ4n) is 2.39. The number of benzene rings is 2. The van der Waals surface area contributed by atoms with Gasteiger partial charge in [0.05, 0.1) is 5.69 Å². The van der Waals surface area contributed by atoms with Crippen molar-refractivity contribution in [2.24, 2.45) is 17.3 Å². The van der Waals surface area contributed by atoms with Crippen LogP contribution in [0.25, 0.3) is 0 Å². The fraction of sp³-hybridized carbons (Fsp3) is 0.222. The zero-order chi connectivity index (χ0) is 16.8. The summed E-state index contributed by atoms with van der Waals surface area (Å²) in [6.45, 7) is 3.98. The second kappa shape index (κ2) is 7.50. The topological polar surface area (TPSA) is 58.7 Å². The third-order valence-corrected chi connectivity index (χ3v) is 3.76. The first-order valence-corrected chi connectivity index (χ1v) is 7.91. The summed E-state index contributed by atoms with van der Waals surface area (Å²) in [6.07, 6.45) is 1.60. The van der Waals surface area contributed by atoms with Gasteiger partial charge in [-0.2, -0.15) is 0 Å². The van der Waals surface area contributed by atoms with Crippen molar-refractivity contribution in [1.29, 1.82) is 0 Å². The number of rotatable bonds is 6. The van der Waals surface area contributed by atoms with Crippen LogP contribution in [0, 0.1) is 0 Å². The Labute approximate surface area is 141 Å². The van der Waals surface area contributed by atoms with Crippen LogP contribution in [-0.2, 0) is 13.6 Å². The predicted octanol–water partition coefficient (Wildman–Crippen LogP) is 4.26. The number of hydrogen-bond acceptors (Lipinski definition) is 5. The monoisotopic (exact) mass is 320 g/mol. The Morgan fingerprint density at radius 3 is 2.38 bits per heavy atom. The van der Waals surface area contributed by atoms with Crippen molar-refractivity contribution < 1.29 is 0 Å². The number of aromatic nitrogens is 3. The molecule has 0 aliphatic carbocycles. The number of azo groups is 1. The van der Waals surface area contributed by atoms with Crippen LogP contribution in [0.4, 0.5) is 17.3 Å². The van der Waals surface area contributed by atoms with E-state index >= 15 is 0 Å². The highest BCUT2D eigenvalue weighted by Crippen LogP contribution is 2.22. The maximum absolute atomic E-state index is 4.20. The van der Waals surface area contributed by atoms with Crippen molar-refractivity contribution in [3.05, 3.63) is 66.5 Å². The van der Waals surface area contributed by atoms with Crippen LogP contribution in [0.2, 0.25) is 0 Å². The van der Waals surface area contributed by atoms with Gasteiger partial charge in [0.25, 0.3) is 5.95 Å². The van der Waals surface area contributed by atoms with Gasteiger partial charge in [0, 0.05) is 25.8 Å². The van der Waals surface area contributed by atoms with Gasteiger partial charge in [-0.15, -0.1) is 20.4 Å². The van der Waals surface area contributed by atoms with Crippen LogP contribution in [-0.4, -0.2) is 21.3 Å². The van der Waals surface area contributed by atoms with E-state index in [1.165, 1.54) is 11.3 Å². The van der Waals surface area contributed by atoms with Gasteiger partial charge >= 0.3 is 0 Å². The van der Waals surface area contributed by atoms with Crippen molar-refractivity contribution in [3.63, 3.8) is 0 Å². The van der Waals surface area contributed by atoms with Crippen molar-refractivity contribution in [2.75, 3.05) is 11.4 Å². The summed E-state index contributed by atoms with van der Waals surface area (Å²) < 4.78 is 1.72. The first-order chi connectivity index (χ1) is 11.8. The Morgan fingerprint density at radius 1 is 1.00 bits per heavy atom. The van der Waals surface area contributed by atoms with Gasteiger partial charge in [-0.25, -0.2) is 0 Å². The van der Waals surface area contributed by atoms with Gasteiger partial charge in [-0.3, -0.25) is 0 Å². The van der Waals surface area contributed by atoms with Gasteiger partial charge < -0.3 is 9.47 Å². The molecule has 122 valence electrons. The molecule has 0 radical (unpaired) electrons. The summed E-state index contributed by atoms with van der Waals surface area (Å²) in [4.78, 5) is 2.32. The second-order valence-corrected chi connectivity index (χ2v) is 5.46. The van der Waals surface area contributed by atoms with Crippen molar-refractivity contribution in [3.8, 4) is 0 Å². The molecule has 0 N–H and O–H groups in total. The average Bonchev–Trinajstić information content (AvgIpc) is 3.04. The highest BCUT2D eigenvalue weighted by Gasteiger charge is 2.05. The fourth-order valence-corrected chi connectivity index (χ4v) is 2.39. The minimum atomic E-state index is 0.485. The Hall–Kier alpha value is -3.02. The van der Waals surface area contributed by atoms with Crippen LogP contribution in [0.3, 0.4) is 0 Å². The van der Waals surface area contributed by atoms with E-state index in [4.69, 9.17) is 0 Å². The first kappa shape index (κ1) is 15.9. The molecule has 0 aliphatic heterocycles. The molecular formula is C18H20N6. The zero-order valence-corrected chi connectivity index (χ0v) is 13.9. The van der Waals surface area contributed by atoms with Crippen LogP contribution in [0.15, 0.2) is 71.2 Å². The third kappa shape index (κ3) is 3.84. The van der Waals surface area contributed by atoms with Crippen LogP contribution < -0.4 is 4.90 Å². The van der Waals surface area contributed by atoms with Gasteiger partial charge in [-0.1, -0.05) is 30.3 Å². The minimum Gasteiger partial charge on any atom is -0.367 e. The van der Waals surface area contributed by atoms with E-state index in [9.17, 15) is 0 Å². The largest absolute Gasteiger partial charge is 0.367 e. The normalized spacial score (nSPS) is 11.1. The van der Waals surface area contributed by atoms with Crippen molar-refractivity contribution in [2.45, 2.75) is 13.5 Å². The van der Waals surface area contributed by atoms with E-state index in [1.54, 1.807) is 10.9 Å². The Morgan fingerprint density at radius 2 is 1.75 bits per heavy atom. The second-order valence-electron chi connectivity index (χ2n) is 5.46. The maximum Gasteiger partial charge on any atom is 0.269 e. The zero-order valence-electron chi connectivity index (χ0n) is 13.9. The molecule has 1 aromatic heterocycles. The molecule has 2 aromatic carbocycles. The Kier molecular flexibility index (Phi) is 4.96. The van der Waals surface area contributed by atoms with Crippen molar-refractivity contribution >= 4 is 17.3 Å². The van der Waals surface area contributed by atoms with Crippen LogP contribution in [0.5, 0.6) is 0 Å². The lowest BCUT2D eigenvalue weighted by Crippen LogP contribution is -2.21. The summed E-state index contributed by atoms with van der Waals surface area (Å²) in [5.41, 5.74) is 3.25. The SMILES string of the molecule is CCN(Cc1ccccc1)c1ccc(N=Nc2nncn2C)cc1. The number of nitrogens with zero attached hydrogens (tertiary/aromatic N) is 6. The molecule has 0 aliphatic rings. The van der Waals surface area contributed by atoms with Crippen LogP contribution in [0.1, 0.15) is 12.5 Å². The molecule has 3 rings (SSSR count).